The van der Waals surface area contributed by atoms with Crippen molar-refractivity contribution in [1.29, 1.82) is 0 Å². The highest BCUT2D eigenvalue weighted by Gasteiger charge is 2.54. The number of amides is 1. The lowest BCUT2D eigenvalue weighted by Gasteiger charge is -2.58. The molecule has 9 nitrogen and oxygen atoms in total. The largest absolute Gasteiger partial charge is 0.438 e. The molecule has 11 heteroatoms. The first kappa shape index (κ1) is 20.1. The van der Waals surface area contributed by atoms with Crippen LogP contribution in [0.2, 0.25) is 5.02 Å². The van der Waals surface area contributed by atoms with Crippen LogP contribution < -0.4 is 14.9 Å². The van der Waals surface area contributed by atoms with Crippen molar-refractivity contribution in [2.45, 2.75) is 42.9 Å². The first-order valence-corrected chi connectivity index (χ1v) is 12.4. The van der Waals surface area contributed by atoms with Gasteiger partial charge in [-0.25, -0.2) is 13.1 Å². The van der Waals surface area contributed by atoms with E-state index in [2.05, 4.69) is 19.9 Å². The van der Waals surface area contributed by atoms with E-state index in [0.717, 1.165) is 44.3 Å². The Morgan fingerprint density at radius 2 is 1.91 bits per heavy atom. The molecule has 3 aromatic rings. The Morgan fingerprint density at radius 3 is 2.66 bits per heavy atom. The van der Waals surface area contributed by atoms with E-state index in [9.17, 15) is 13.2 Å². The van der Waals surface area contributed by atoms with Crippen molar-refractivity contribution in [3.63, 3.8) is 0 Å². The lowest BCUT2D eigenvalue weighted by atomic mass is 9.61. The number of carbonyl (C=O) groups excluding carboxylic acids is 1. The molecule has 1 aromatic carbocycles. The number of hydrogen-bond acceptors (Lipinski definition) is 7. The van der Waals surface area contributed by atoms with E-state index < -0.39 is 15.9 Å². The lowest BCUT2D eigenvalue weighted by Crippen LogP contribution is -2.66. The fourth-order valence-electron chi connectivity index (χ4n) is 4.59. The van der Waals surface area contributed by atoms with Gasteiger partial charge in [0.15, 0.2) is 11.3 Å². The number of hydrogen-bond donors (Lipinski definition) is 2. The van der Waals surface area contributed by atoms with E-state index in [4.69, 9.17) is 20.4 Å². The molecule has 3 aliphatic rings. The third-order valence-electron chi connectivity index (χ3n) is 6.32. The molecule has 168 valence electrons. The topological polar surface area (TPSA) is 118 Å². The van der Waals surface area contributed by atoms with Crippen LogP contribution >= 0.6 is 11.6 Å². The number of furan rings is 1. The number of oxazole rings is 1. The summed E-state index contributed by atoms with van der Waals surface area (Å²) >= 11 is 6.01. The molecule has 1 aliphatic heterocycles. The van der Waals surface area contributed by atoms with Crippen LogP contribution in [0.4, 0.5) is 6.01 Å². The van der Waals surface area contributed by atoms with Gasteiger partial charge in [-0.1, -0.05) is 11.6 Å². The van der Waals surface area contributed by atoms with Crippen molar-refractivity contribution >= 4 is 44.6 Å². The van der Waals surface area contributed by atoms with Gasteiger partial charge in [0.25, 0.3) is 21.9 Å². The number of halogens is 1. The minimum atomic E-state index is -3.71. The Hall–Kier alpha value is -2.56. The zero-order chi connectivity index (χ0) is 22.1. The number of sulfonamides is 1. The van der Waals surface area contributed by atoms with Crippen molar-refractivity contribution < 1.29 is 22.0 Å². The second kappa shape index (κ2) is 6.97. The van der Waals surface area contributed by atoms with Crippen molar-refractivity contribution in [1.82, 2.24) is 15.0 Å². The summed E-state index contributed by atoms with van der Waals surface area (Å²) in [6.07, 6.45) is 3.34. The van der Waals surface area contributed by atoms with E-state index in [-0.39, 0.29) is 28.4 Å². The van der Waals surface area contributed by atoms with Gasteiger partial charge in [-0.05, 0) is 56.0 Å². The predicted octanol–water partition coefficient (Wildman–Crippen LogP) is 2.91. The molecule has 3 heterocycles. The SMILES string of the molecule is O=C(NC1CC2(C1)CN(c1nc3cc(Cl)ccc3o1)C2)c1ccc(S(=O)(=O)NC2CC2)o1. The van der Waals surface area contributed by atoms with Crippen molar-refractivity contribution in [3.05, 3.63) is 41.1 Å². The number of nitrogens with one attached hydrogen (secondary N) is 2. The Morgan fingerprint density at radius 1 is 1.12 bits per heavy atom. The molecule has 1 saturated heterocycles. The Kier molecular flexibility index (Phi) is 4.37. The minimum Gasteiger partial charge on any atom is -0.438 e. The van der Waals surface area contributed by atoms with Gasteiger partial charge >= 0.3 is 0 Å². The van der Waals surface area contributed by atoms with Gasteiger partial charge in [0.05, 0.1) is 0 Å². The van der Waals surface area contributed by atoms with E-state index in [1.54, 1.807) is 12.1 Å². The van der Waals surface area contributed by atoms with Gasteiger partial charge < -0.3 is 19.1 Å². The smallest absolute Gasteiger partial charge is 0.298 e. The van der Waals surface area contributed by atoms with Gasteiger partial charge in [-0.2, -0.15) is 4.98 Å². The quantitative estimate of drug-likeness (QED) is 0.561. The monoisotopic (exact) mass is 476 g/mol. The first-order valence-electron chi connectivity index (χ1n) is 10.5. The molecule has 1 spiro atoms. The van der Waals surface area contributed by atoms with Gasteiger partial charge in [-0.3, -0.25) is 4.79 Å². The highest BCUT2D eigenvalue weighted by molar-refractivity contribution is 7.89. The molecule has 2 N–H and O–H groups in total. The molecule has 2 aromatic heterocycles. The Labute approximate surface area is 189 Å². The zero-order valence-electron chi connectivity index (χ0n) is 17.0. The summed E-state index contributed by atoms with van der Waals surface area (Å²) in [5.74, 6) is -0.396. The molecule has 0 radical (unpaired) electrons. The maximum absolute atomic E-state index is 12.5. The molecular weight excluding hydrogens is 456 g/mol. The molecular formula is C21H21ClN4O5S. The van der Waals surface area contributed by atoms with Crippen LogP contribution in [-0.4, -0.2) is 44.5 Å². The van der Waals surface area contributed by atoms with Gasteiger partial charge in [0.1, 0.15) is 5.52 Å². The molecule has 0 atom stereocenters. The molecule has 6 rings (SSSR count). The second-order valence-corrected chi connectivity index (χ2v) is 11.1. The minimum absolute atomic E-state index is 0.00231. The average Bonchev–Trinajstić information content (AvgIpc) is 3.18. The van der Waals surface area contributed by atoms with Crippen LogP contribution in [0.5, 0.6) is 0 Å². The molecule has 0 bridgehead atoms. The number of benzene rings is 1. The van der Waals surface area contributed by atoms with Crippen molar-refractivity contribution in [2.75, 3.05) is 18.0 Å². The fourth-order valence-corrected chi connectivity index (χ4v) is 5.99. The van der Waals surface area contributed by atoms with E-state index in [1.165, 1.54) is 12.1 Å². The molecule has 3 fully saturated rings. The van der Waals surface area contributed by atoms with E-state index in [0.29, 0.717) is 16.6 Å². The summed E-state index contributed by atoms with van der Waals surface area (Å²) < 4.78 is 38.1. The summed E-state index contributed by atoms with van der Waals surface area (Å²) in [7, 11) is -3.71. The molecule has 2 aliphatic carbocycles. The molecule has 1 amide bonds. The van der Waals surface area contributed by atoms with Gasteiger partial charge in [0.2, 0.25) is 5.09 Å². The maximum atomic E-state index is 12.5. The van der Waals surface area contributed by atoms with Crippen LogP contribution in [0.3, 0.4) is 0 Å². The Bertz CT molecular complexity index is 1310. The second-order valence-electron chi connectivity index (χ2n) is 9.06. The first-order chi connectivity index (χ1) is 15.3. The number of aromatic nitrogens is 1. The summed E-state index contributed by atoms with van der Waals surface area (Å²) in [4.78, 5) is 19.1. The number of anilines is 1. The van der Waals surface area contributed by atoms with E-state index >= 15 is 0 Å². The number of nitrogens with zero attached hydrogens (tertiary/aromatic N) is 2. The molecule has 0 unspecified atom stereocenters. The standard InChI is InChI=1S/C21H21ClN4O5S/c22-12-1-4-16-15(7-12)24-20(31-16)26-10-21(11-26)8-14(9-21)23-19(27)17-5-6-18(30-17)32(28,29)25-13-2-3-13/h1,4-7,13-14,25H,2-3,8-11H2,(H,23,27). The summed E-state index contributed by atoms with van der Waals surface area (Å²) in [5, 5.41) is 3.33. The average molecular weight is 477 g/mol. The van der Waals surface area contributed by atoms with Gasteiger partial charge in [0, 0.05) is 35.6 Å². The van der Waals surface area contributed by atoms with Crippen molar-refractivity contribution in [3.8, 4) is 0 Å². The summed E-state index contributed by atoms with van der Waals surface area (Å²) in [6.45, 7) is 1.63. The van der Waals surface area contributed by atoms with Crippen LogP contribution in [0, 0.1) is 5.41 Å². The number of carbonyl (C=O) groups is 1. The van der Waals surface area contributed by atoms with Crippen LogP contribution in [0.15, 0.2) is 44.3 Å². The third-order valence-corrected chi connectivity index (χ3v) is 7.95. The number of rotatable bonds is 6. The highest BCUT2D eigenvalue weighted by atomic mass is 35.5. The maximum Gasteiger partial charge on any atom is 0.298 e. The van der Waals surface area contributed by atoms with Gasteiger partial charge in [-0.15, -0.1) is 0 Å². The highest BCUT2D eigenvalue weighted by Crippen LogP contribution is 2.49. The normalized spacial score (nSPS) is 20.3. The van der Waals surface area contributed by atoms with Crippen LogP contribution in [0.25, 0.3) is 11.1 Å². The zero-order valence-corrected chi connectivity index (χ0v) is 18.6. The predicted molar refractivity (Wildman–Crippen MR) is 116 cm³/mol. The van der Waals surface area contributed by atoms with E-state index in [1.807, 2.05) is 6.07 Å². The lowest BCUT2D eigenvalue weighted by molar-refractivity contribution is 0.0403. The van der Waals surface area contributed by atoms with Crippen LogP contribution in [0.1, 0.15) is 36.2 Å². The number of fused-ring (bicyclic) bond motifs is 1. The molecule has 2 saturated carbocycles. The third kappa shape index (κ3) is 3.56. The van der Waals surface area contributed by atoms with Crippen molar-refractivity contribution in [2.24, 2.45) is 5.41 Å². The Balaban J connectivity index is 1.03. The summed E-state index contributed by atoms with van der Waals surface area (Å²) in [5.41, 5.74) is 1.58. The fraction of sp³-hybridized carbons (Fsp3) is 0.429. The summed E-state index contributed by atoms with van der Waals surface area (Å²) in [6, 6.07) is 8.67. The van der Waals surface area contributed by atoms with Crippen LogP contribution in [-0.2, 0) is 10.0 Å². The molecule has 32 heavy (non-hydrogen) atoms.